The third-order valence-electron chi connectivity index (χ3n) is 0.988. The monoisotopic (exact) mass is 130 g/mol. The first-order valence-corrected chi connectivity index (χ1v) is 2.92. The summed E-state index contributed by atoms with van der Waals surface area (Å²) < 4.78 is 0. The third-order valence-corrected chi connectivity index (χ3v) is 0.988. The van der Waals surface area contributed by atoms with Gasteiger partial charge in [-0.2, -0.15) is 0 Å². The molecule has 0 aromatic heterocycles. The van der Waals surface area contributed by atoms with E-state index in [1.54, 1.807) is 5.12 Å². The van der Waals surface area contributed by atoms with Crippen LogP contribution in [0.2, 0.25) is 0 Å². The molecule has 1 saturated heterocycles. The first-order chi connectivity index (χ1) is 4.33. The molecule has 2 amide bonds. The largest absolute Gasteiger partial charge is 0.345 e. The zero-order valence-corrected chi connectivity index (χ0v) is 5.27. The Labute approximate surface area is 53.3 Å². The standard InChI is InChI=1S/C4H10N4O/c1-2-3-8-6-4(9)5-7-8/h7H,2-3H2,1H3,(H2,5,6,9). The number of urea groups is 1. The predicted molar refractivity (Wildman–Crippen MR) is 31.8 cm³/mol. The van der Waals surface area contributed by atoms with Gasteiger partial charge in [-0.25, -0.2) is 4.79 Å². The van der Waals surface area contributed by atoms with E-state index in [0.717, 1.165) is 13.0 Å². The maximum Gasteiger partial charge on any atom is 0.345 e. The van der Waals surface area contributed by atoms with Crippen molar-refractivity contribution < 1.29 is 4.79 Å². The Hall–Kier alpha value is -0.810. The van der Waals surface area contributed by atoms with Crippen LogP contribution in [-0.4, -0.2) is 17.7 Å². The Morgan fingerprint density at radius 1 is 1.67 bits per heavy atom. The van der Waals surface area contributed by atoms with Crippen LogP contribution in [0.1, 0.15) is 13.3 Å². The van der Waals surface area contributed by atoms with E-state index < -0.39 is 0 Å². The van der Waals surface area contributed by atoms with Crippen molar-refractivity contribution in [2.24, 2.45) is 0 Å². The summed E-state index contributed by atoms with van der Waals surface area (Å²) in [6, 6.07) is -0.205. The van der Waals surface area contributed by atoms with E-state index >= 15 is 0 Å². The highest BCUT2D eigenvalue weighted by atomic mass is 16.2. The summed E-state index contributed by atoms with van der Waals surface area (Å²) in [5, 5.41) is 1.60. The Kier molecular flexibility index (Phi) is 1.86. The number of rotatable bonds is 2. The average Bonchev–Trinajstić information content (AvgIpc) is 2.17. The Bertz CT molecular complexity index is 115. The Morgan fingerprint density at radius 3 is 2.89 bits per heavy atom. The molecule has 1 aliphatic rings. The molecule has 0 aromatic carbocycles. The summed E-state index contributed by atoms with van der Waals surface area (Å²) in [6.07, 6.45) is 0.995. The van der Waals surface area contributed by atoms with Crippen LogP contribution in [0.3, 0.4) is 0 Å². The minimum absolute atomic E-state index is 0.205. The highest BCUT2D eigenvalue weighted by molar-refractivity contribution is 5.73. The lowest BCUT2D eigenvalue weighted by Crippen LogP contribution is -2.40. The van der Waals surface area contributed by atoms with Crippen LogP contribution in [0.25, 0.3) is 0 Å². The summed E-state index contributed by atoms with van der Waals surface area (Å²) in [7, 11) is 0. The maximum atomic E-state index is 10.4. The summed E-state index contributed by atoms with van der Waals surface area (Å²) in [6.45, 7) is 2.84. The summed E-state index contributed by atoms with van der Waals surface area (Å²) in [5.41, 5.74) is 7.54. The smallest absolute Gasteiger partial charge is 0.257 e. The van der Waals surface area contributed by atoms with Gasteiger partial charge in [0.05, 0.1) is 0 Å². The second kappa shape index (κ2) is 2.65. The third kappa shape index (κ3) is 1.55. The Morgan fingerprint density at radius 2 is 2.44 bits per heavy atom. The lowest BCUT2D eigenvalue weighted by Gasteiger charge is -2.09. The van der Waals surface area contributed by atoms with Crippen molar-refractivity contribution in [2.75, 3.05) is 6.54 Å². The molecule has 3 N–H and O–H groups in total. The zero-order chi connectivity index (χ0) is 6.69. The van der Waals surface area contributed by atoms with Gasteiger partial charge in [-0.05, 0) is 6.42 Å². The van der Waals surface area contributed by atoms with Gasteiger partial charge in [-0.1, -0.05) is 6.92 Å². The van der Waals surface area contributed by atoms with Crippen molar-refractivity contribution in [3.05, 3.63) is 0 Å². The average molecular weight is 130 g/mol. The molecule has 1 fully saturated rings. The number of carbonyl (C=O) groups excluding carboxylic acids is 1. The molecule has 0 unspecified atom stereocenters. The quantitative estimate of drug-likeness (QED) is 0.465. The molecule has 1 rings (SSSR count). The highest BCUT2D eigenvalue weighted by Crippen LogP contribution is 1.83. The van der Waals surface area contributed by atoms with Gasteiger partial charge in [0.15, 0.2) is 0 Å². The highest BCUT2D eigenvalue weighted by Gasteiger charge is 2.13. The molecule has 1 aliphatic heterocycles. The van der Waals surface area contributed by atoms with Gasteiger partial charge < -0.3 is 0 Å². The van der Waals surface area contributed by atoms with E-state index in [-0.39, 0.29) is 6.03 Å². The van der Waals surface area contributed by atoms with E-state index in [1.165, 1.54) is 0 Å². The lowest BCUT2D eigenvalue weighted by atomic mass is 10.5. The number of nitrogens with one attached hydrogen (secondary N) is 3. The van der Waals surface area contributed by atoms with Gasteiger partial charge in [0.25, 0.3) is 0 Å². The normalized spacial score (nSPS) is 19.4. The number of amides is 2. The zero-order valence-electron chi connectivity index (χ0n) is 5.27. The van der Waals surface area contributed by atoms with Gasteiger partial charge >= 0.3 is 6.03 Å². The van der Waals surface area contributed by atoms with E-state index in [9.17, 15) is 4.79 Å². The fourth-order valence-corrected chi connectivity index (χ4v) is 0.632. The van der Waals surface area contributed by atoms with Gasteiger partial charge in [0.2, 0.25) is 0 Å². The first-order valence-electron chi connectivity index (χ1n) is 2.92. The first kappa shape index (κ1) is 6.31. The van der Waals surface area contributed by atoms with E-state index in [2.05, 4.69) is 16.4 Å². The fourth-order valence-electron chi connectivity index (χ4n) is 0.632. The topological polar surface area (TPSA) is 56.4 Å². The van der Waals surface area contributed by atoms with Crippen LogP contribution in [-0.2, 0) is 0 Å². The predicted octanol–water partition coefficient (Wildman–Crippen LogP) is -0.654. The molecule has 0 bridgehead atoms. The van der Waals surface area contributed by atoms with Gasteiger partial charge in [0, 0.05) is 6.54 Å². The molecule has 0 aliphatic carbocycles. The molecule has 52 valence electrons. The maximum absolute atomic E-state index is 10.4. The number of nitrogens with zero attached hydrogens (tertiary/aromatic N) is 1. The summed E-state index contributed by atoms with van der Waals surface area (Å²) >= 11 is 0. The fraction of sp³-hybridized carbons (Fsp3) is 0.750. The van der Waals surface area contributed by atoms with Gasteiger partial charge in [-0.3, -0.25) is 10.9 Å². The van der Waals surface area contributed by atoms with Crippen LogP contribution in [0.15, 0.2) is 0 Å². The number of carbonyl (C=O) groups is 1. The molecular weight excluding hydrogens is 120 g/mol. The molecule has 9 heavy (non-hydrogen) atoms. The van der Waals surface area contributed by atoms with E-state index in [4.69, 9.17) is 0 Å². The SMILES string of the molecule is CCCN1NNC(=O)N1. The van der Waals surface area contributed by atoms with Crippen LogP contribution in [0, 0.1) is 0 Å². The molecule has 0 saturated carbocycles. The van der Waals surface area contributed by atoms with Crippen molar-refractivity contribution >= 4 is 6.03 Å². The second-order valence-corrected chi connectivity index (χ2v) is 1.83. The molecular formula is C4H10N4O. The number of hydrogen-bond donors (Lipinski definition) is 3. The molecule has 0 radical (unpaired) electrons. The molecule has 0 spiro atoms. The van der Waals surface area contributed by atoms with Gasteiger partial charge in [-0.15, -0.1) is 10.7 Å². The minimum Gasteiger partial charge on any atom is -0.257 e. The van der Waals surface area contributed by atoms with Crippen LogP contribution < -0.4 is 16.4 Å². The summed E-state index contributed by atoms with van der Waals surface area (Å²) in [4.78, 5) is 10.4. The number of hydrazine groups is 3. The Balaban J connectivity index is 2.22. The second-order valence-electron chi connectivity index (χ2n) is 1.83. The van der Waals surface area contributed by atoms with Crippen molar-refractivity contribution in [1.29, 1.82) is 0 Å². The van der Waals surface area contributed by atoms with E-state index in [0.29, 0.717) is 0 Å². The van der Waals surface area contributed by atoms with E-state index in [1.807, 2.05) is 6.92 Å². The van der Waals surface area contributed by atoms with Crippen LogP contribution in [0.5, 0.6) is 0 Å². The van der Waals surface area contributed by atoms with Crippen molar-refractivity contribution in [2.45, 2.75) is 13.3 Å². The van der Waals surface area contributed by atoms with Crippen LogP contribution in [0.4, 0.5) is 4.79 Å². The lowest BCUT2D eigenvalue weighted by molar-refractivity contribution is 0.170. The van der Waals surface area contributed by atoms with Crippen molar-refractivity contribution in [3.63, 3.8) is 0 Å². The van der Waals surface area contributed by atoms with Crippen molar-refractivity contribution in [3.8, 4) is 0 Å². The molecule has 0 atom stereocenters. The minimum atomic E-state index is -0.205. The molecule has 1 heterocycles. The number of hydrogen-bond acceptors (Lipinski definition) is 3. The summed E-state index contributed by atoms with van der Waals surface area (Å²) in [5.74, 6) is 0. The van der Waals surface area contributed by atoms with Crippen LogP contribution >= 0.6 is 0 Å². The molecule has 5 heteroatoms. The molecule has 5 nitrogen and oxygen atoms in total. The molecule has 0 aromatic rings. The van der Waals surface area contributed by atoms with Gasteiger partial charge in [0.1, 0.15) is 0 Å². The van der Waals surface area contributed by atoms with Crippen molar-refractivity contribution in [1.82, 2.24) is 21.5 Å².